The Balaban J connectivity index is 1.52. The molecule has 3 heterocycles. The van der Waals surface area contributed by atoms with Gasteiger partial charge in [-0.25, -0.2) is 8.78 Å². The van der Waals surface area contributed by atoms with Crippen molar-refractivity contribution in [2.24, 2.45) is 0 Å². The first-order valence-electron chi connectivity index (χ1n) is 7.62. The van der Waals surface area contributed by atoms with Gasteiger partial charge in [-0.05, 0) is 18.2 Å². The highest BCUT2D eigenvalue weighted by Crippen LogP contribution is 2.21. The van der Waals surface area contributed by atoms with Crippen LogP contribution in [0.15, 0.2) is 24.4 Å². The van der Waals surface area contributed by atoms with Crippen molar-refractivity contribution in [3.8, 4) is 0 Å². The van der Waals surface area contributed by atoms with Crippen molar-refractivity contribution in [1.29, 1.82) is 0 Å². The van der Waals surface area contributed by atoms with E-state index in [1.165, 1.54) is 12.1 Å². The molecule has 0 unspecified atom stereocenters. The maximum Gasteiger partial charge on any atom is 0.268 e. The molecule has 1 aromatic carbocycles. The van der Waals surface area contributed by atoms with E-state index < -0.39 is 11.6 Å². The first kappa shape index (κ1) is 14.8. The second kappa shape index (κ2) is 5.72. The molecule has 0 spiro atoms. The summed E-state index contributed by atoms with van der Waals surface area (Å²) in [4.78, 5) is 15.1. The third-order valence-corrected chi connectivity index (χ3v) is 4.20. The molecule has 8 heteroatoms. The molecule has 4 rings (SSSR count). The molecule has 1 aliphatic rings. The monoisotopic (exact) mass is 331 g/mol. The standard InChI is InChI=1S/C16H15F2N5O/c17-11-1-2-12-10(15(11)18)5-13(22-12)16(24)20-6-9-7-21-23-4-3-19-8-14(9)23/h1-2,5,7,19,22H,3-4,6,8H2,(H,20,24). The van der Waals surface area contributed by atoms with E-state index in [9.17, 15) is 13.6 Å². The molecular formula is C16H15F2N5O. The number of fused-ring (bicyclic) bond motifs is 2. The molecule has 0 bridgehead atoms. The molecule has 24 heavy (non-hydrogen) atoms. The van der Waals surface area contributed by atoms with E-state index in [-0.39, 0.29) is 17.0 Å². The molecule has 3 aromatic rings. The Labute approximate surface area is 135 Å². The smallest absolute Gasteiger partial charge is 0.268 e. The summed E-state index contributed by atoms with van der Waals surface area (Å²) in [5.41, 5.74) is 2.55. The van der Waals surface area contributed by atoms with Crippen molar-refractivity contribution in [2.45, 2.75) is 19.6 Å². The van der Waals surface area contributed by atoms with Crippen LogP contribution in [0.4, 0.5) is 8.78 Å². The average molecular weight is 331 g/mol. The van der Waals surface area contributed by atoms with E-state index in [0.29, 0.717) is 18.6 Å². The zero-order valence-corrected chi connectivity index (χ0v) is 12.7. The lowest BCUT2D eigenvalue weighted by molar-refractivity contribution is 0.0946. The number of carbonyl (C=O) groups excluding carboxylic acids is 1. The summed E-state index contributed by atoms with van der Waals surface area (Å²) in [6.07, 6.45) is 1.74. The highest BCUT2D eigenvalue weighted by atomic mass is 19.2. The lowest BCUT2D eigenvalue weighted by atomic mass is 10.2. The zero-order valence-electron chi connectivity index (χ0n) is 12.7. The van der Waals surface area contributed by atoms with Crippen LogP contribution in [0.1, 0.15) is 21.7 Å². The molecule has 0 fully saturated rings. The maximum atomic E-state index is 13.7. The van der Waals surface area contributed by atoms with E-state index in [1.54, 1.807) is 6.20 Å². The number of aromatic amines is 1. The Hall–Kier alpha value is -2.74. The minimum absolute atomic E-state index is 0.0623. The topological polar surface area (TPSA) is 74.7 Å². The second-order valence-corrected chi connectivity index (χ2v) is 5.70. The number of carbonyl (C=O) groups is 1. The Kier molecular flexibility index (Phi) is 3.53. The summed E-state index contributed by atoms with van der Waals surface area (Å²) in [6.45, 7) is 2.71. The van der Waals surface area contributed by atoms with Crippen LogP contribution in [0.5, 0.6) is 0 Å². The summed E-state index contributed by atoms with van der Waals surface area (Å²) in [5, 5.41) is 10.4. The Morgan fingerprint density at radius 1 is 1.38 bits per heavy atom. The molecule has 0 saturated heterocycles. The van der Waals surface area contributed by atoms with Gasteiger partial charge in [-0.2, -0.15) is 5.10 Å². The van der Waals surface area contributed by atoms with Crippen molar-refractivity contribution in [3.63, 3.8) is 0 Å². The van der Waals surface area contributed by atoms with Crippen LogP contribution in [-0.4, -0.2) is 27.2 Å². The maximum absolute atomic E-state index is 13.7. The predicted molar refractivity (Wildman–Crippen MR) is 83.3 cm³/mol. The number of rotatable bonds is 3. The van der Waals surface area contributed by atoms with Crippen LogP contribution >= 0.6 is 0 Å². The van der Waals surface area contributed by atoms with E-state index in [1.807, 2.05) is 4.68 Å². The molecule has 0 saturated carbocycles. The van der Waals surface area contributed by atoms with Crippen LogP contribution in [0.3, 0.4) is 0 Å². The molecule has 0 atom stereocenters. The van der Waals surface area contributed by atoms with Gasteiger partial charge in [-0.15, -0.1) is 0 Å². The molecule has 0 aliphatic carbocycles. The summed E-state index contributed by atoms with van der Waals surface area (Å²) in [6, 6.07) is 3.75. The van der Waals surface area contributed by atoms with E-state index in [2.05, 4.69) is 20.7 Å². The lowest BCUT2D eigenvalue weighted by Gasteiger charge is -2.16. The van der Waals surface area contributed by atoms with Gasteiger partial charge in [0.2, 0.25) is 0 Å². The van der Waals surface area contributed by atoms with Crippen LogP contribution in [0.25, 0.3) is 10.9 Å². The third-order valence-electron chi connectivity index (χ3n) is 4.20. The van der Waals surface area contributed by atoms with Gasteiger partial charge in [0.15, 0.2) is 11.6 Å². The normalized spacial score (nSPS) is 13.9. The Morgan fingerprint density at radius 2 is 2.25 bits per heavy atom. The SMILES string of the molecule is O=C(NCc1cnn2c1CNCC2)c1cc2c(F)c(F)ccc2[nH]1. The van der Waals surface area contributed by atoms with Crippen LogP contribution in [0.2, 0.25) is 0 Å². The highest BCUT2D eigenvalue weighted by molar-refractivity contribution is 5.98. The minimum atomic E-state index is -0.959. The quantitative estimate of drug-likeness (QED) is 0.683. The number of halogens is 2. The second-order valence-electron chi connectivity index (χ2n) is 5.70. The van der Waals surface area contributed by atoms with Gasteiger partial charge >= 0.3 is 0 Å². The largest absolute Gasteiger partial charge is 0.350 e. The fourth-order valence-corrected chi connectivity index (χ4v) is 2.92. The number of hydrogen-bond acceptors (Lipinski definition) is 3. The minimum Gasteiger partial charge on any atom is -0.350 e. The van der Waals surface area contributed by atoms with Crippen molar-refractivity contribution in [2.75, 3.05) is 6.54 Å². The zero-order chi connectivity index (χ0) is 16.7. The molecule has 1 aliphatic heterocycles. The number of hydrogen-bond donors (Lipinski definition) is 3. The molecule has 124 valence electrons. The molecule has 6 nitrogen and oxygen atoms in total. The van der Waals surface area contributed by atoms with E-state index in [0.717, 1.165) is 30.4 Å². The van der Waals surface area contributed by atoms with Gasteiger partial charge < -0.3 is 15.6 Å². The van der Waals surface area contributed by atoms with Gasteiger partial charge in [0.25, 0.3) is 5.91 Å². The number of amides is 1. The van der Waals surface area contributed by atoms with Crippen molar-refractivity contribution in [1.82, 2.24) is 25.4 Å². The Bertz CT molecular complexity index is 930. The van der Waals surface area contributed by atoms with Gasteiger partial charge in [-0.1, -0.05) is 0 Å². The molecule has 2 aromatic heterocycles. The van der Waals surface area contributed by atoms with Gasteiger partial charge in [0.05, 0.1) is 18.4 Å². The Morgan fingerprint density at radius 3 is 3.12 bits per heavy atom. The summed E-state index contributed by atoms with van der Waals surface area (Å²) in [7, 11) is 0. The highest BCUT2D eigenvalue weighted by Gasteiger charge is 2.17. The lowest BCUT2D eigenvalue weighted by Crippen LogP contribution is -2.30. The molecule has 1 amide bonds. The van der Waals surface area contributed by atoms with Gasteiger partial charge in [0, 0.05) is 36.1 Å². The molecule has 0 radical (unpaired) electrons. The number of nitrogens with one attached hydrogen (secondary N) is 3. The average Bonchev–Trinajstić information content (AvgIpc) is 3.21. The van der Waals surface area contributed by atoms with Crippen LogP contribution in [-0.2, 0) is 19.6 Å². The fourth-order valence-electron chi connectivity index (χ4n) is 2.92. The van der Waals surface area contributed by atoms with Gasteiger partial charge in [-0.3, -0.25) is 9.48 Å². The van der Waals surface area contributed by atoms with Crippen LogP contribution in [0, 0.1) is 11.6 Å². The van der Waals surface area contributed by atoms with E-state index >= 15 is 0 Å². The predicted octanol–water partition coefficient (Wildman–Crippen LogP) is 1.68. The third kappa shape index (κ3) is 2.44. The van der Waals surface area contributed by atoms with E-state index in [4.69, 9.17) is 0 Å². The summed E-state index contributed by atoms with van der Waals surface area (Å²) < 4.78 is 28.9. The van der Waals surface area contributed by atoms with Crippen molar-refractivity contribution >= 4 is 16.8 Å². The molecule has 3 N–H and O–H groups in total. The van der Waals surface area contributed by atoms with Gasteiger partial charge in [0.1, 0.15) is 5.69 Å². The number of aromatic nitrogens is 3. The first-order chi connectivity index (χ1) is 11.6. The number of H-pyrrole nitrogens is 1. The summed E-state index contributed by atoms with van der Waals surface area (Å²) in [5.74, 6) is -2.28. The first-order valence-corrected chi connectivity index (χ1v) is 7.62. The van der Waals surface area contributed by atoms with Crippen molar-refractivity contribution in [3.05, 3.63) is 53.0 Å². The summed E-state index contributed by atoms with van der Waals surface area (Å²) >= 11 is 0. The number of nitrogens with zero attached hydrogens (tertiary/aromatic N) is 2. The van der Waals surface area contributed by atoms with Crippen LogP contribution < -0.4 is 10.6 Å². The van der Waals surface area contributed by atoms with Crippen molar-refractivity contribution < 1.29 is 13.6 Å². The number of benzene rings is 1. The molecular weight excluding hydrogens is 316 g/mol. The fraction of sp³-hybridized carbons (Fsp3) is 0.250.